The summed E-state index contributed by atoms with van der Waals surface area (Å²) in [4.78, 5) is 118. The lowest BCUT2D eigenvalue weighted by atomic mass is 9.52. The molecule has 14 aliphatic rings. The van der Waals surface area contributed by atoms with E-state index in [1.54, 1.807) is 27.7 Å². The minimum Gasteiger partial charge on any atom is -0.463 e. The van der Waals surface area contributed by atoms with Gasteiger partial charge >= 0.3 is 59.7 Å². The summed E-state index contributed by atoms with van der Waals surface area (Å²) in [6.45, 7) is 73.9. The second kappa shape index (κ2) is 44.3. The van der Waals surface area contributed by atoms with Crippen LogP contribution < -0.4 is 0 Å². The summed E-state index contributed by atoms with van der Waals surface area (Å²) in [5, 5.41) is 21.3. The minimum atomic E-state index is -0.687. The van der Waals surface area contributed by atoms with Gasteiger partial charge in [-0.05, 0) is 321 Å². The van der Waals surface area contributed by atoms with Gasteiger partial charge in [0, 0.05) is 48.3 Å². The molecule has 8 atom stereocenters. The number of cyclic esters (lactones) is 2. The van der Waals surface area contributed by atoms with Gasteiger partial charge in [0.05, 0.1) is 80.9 Å². The Labute approximate surface area is 797 Å². The topological polar surface area (TPSA) is 322 Å². The second-order valence-electron chi connectivity index (χ2n) is 51.0. The van der Waals surface area contributed by atoms with Crippen molar-refractivity contribution in [2.75, 3.05) is 26.4 Å². The molecule has 14 fully saturated rings. The van der Waals surface area contributed by atoms with E-state index in [9.17, 15) is 58.2 Å². The lowest BCUT2D eigenvalue weighted by molar-refractivity contribution is -0.226. The van der Waals surface area contributed by atoms with Crippen molar-refractivity contribution in [2.24, 2.45) is 88.7 Å². The Morgan fingerprint density at radius 1 is 0.348 bits per heavy atom. The number of esters is 10. The molecule has 2 N–H and O–H groups in total. The highest BCUT2D eigenvalue weighted by molar-refractivity contribution is 5.84. The molecule has 0 aromatic heterocycles. The lowest BCUT2D eigenvalue weighted by Crippen LogP contribution is -2.61. The Morgan fingerprint density at radius 3 is 0.841 bits per heavy atom. The monoisotopic (exact) mass is 1870 g/mol. The molecule has 4 aliphatic heterocycles. The van der Waals surface area contributed by atoms with Crippen LogP contribution in [0.3, 0.4) is 0 Å². The summed E-state index contributed by atoms with van der Waals surface area (Å²) >= 11 is 0. The van der Waals surface area contributed by atoms with Crippen LogP contribution in [-0.2, 0) is 105 Å². The number of rotatable bonds is 24. The van der Waals surface area contributed by atoms with E-state index in [1.807, 2.05) is 152 Å². The molecule has 132 heavy (non-hydrogen) atoms. The average Bonchev–Trinajstić information content (AvgIpc) is 1.27. The third kappa shape index (κ3) is 30.8. The maximum Gasteiger partial charge on any atom is 0.347 e. The zero-order chi connectivity index (χ0) is 101. The van der Waals surface area contributed by atoms with Crippen LogP contribution in [0.5, 0.6) is 0 Å². The van der Waals surface area contributed by atoms with Crippen LogP contribution in [0.1, 0.15) is 448 Å². The molecule has 8 unspecified atom stereocenters. The van der Waals surface area contributed by atoms with Crippen LogP contribution >= 0.6 is 0 Å². The van der Waals surface area contributed by atoms with Gasteiger partial charge in [-0.15, -0.1) is 0 Å². The van der Waals surface area contributed by atoms with E-state index < -0.39 is 73.4 Å². The fraction of sp³-hybridized carbons (Fsp3) is 0.907. The highest BCUT2D eigenvalue weighted by atomic mass is 16.7. The van der Waals surface area contributed by atoms with Crippen molar-refractivity contribution in [2.45, 2.75) is 512 Å². The standard InChI is InChI=1S/2C16H26O3.2C15H28O2.C14H26O3.C12H22O3.2C10H16O4/c2*1-4-14(2,3)13(17)19-16-8-11-5-12(9-16)7-15(18,6-11)10-16;2*1-7-14(5,6)12(16)17-15(13(2,3)4)10-8-9-11-15;1-8-12(2,3)11(15)17-10-13(4,5)9-16-14(10,6)7;1-6-12(4,5)10(13)15-9-7-11(2,3)8-14-9;2*1-4-10(2,3)9(12)14-7-5-6-13-8(7)11/h2*11-12,18H,4-10H2,1-3H3;2*7-11H2,1-6H3;10H,8-9H2,1-7H3;9H,6-8H2,1-5H3;2*7H,4-6H2,1-3H3. The molecular formula is C108H188O24. The van der Waals surface area contributed by atoms with Gasteiger partial charge < -0.3 is 67.1 Å². The molecule has 24 nitrogen and oxygen atoms in total. The van der Waals surface area contributed by atoms with Gasteiger partial charge in [-0.1, -0.05) is 125 Å². The first-order chi connectivity index (χ1) is 60.0. The molecule has 10 saturated carbocycles. The van der Waals surface area contributed by atoms with E-state index in [0.717, 1.165) is 122 Å². The van der Waals surface area contributed by atoms with Crippen molar-refractivity contribution in [3.8, 4) is 0 Å². The van der Waals surface area contributed by atoms with E-state index in [1.165, 1.54) is 38.5 Å². The lowest BCUT2D eigenvalue weighted by Gasteiger charge is -2.59. The number of carbonyl (C=O) groups is 10. The van der Waals surface area contributed by atoms with Crippen LogP contribution in [0.2, 0.25) is 0 Å². The number of ether oxygens (including phenoxy) is 12. The summed E-state index contributed by atoms with van der Waals surface area (Å²) in [5.74, 6) is 0.211. The highest BCUT2D eigenvalue weighted by Gasteiger charge is 2.62. The zero-order valence-electron chi connectivity index (χ0n) is 89.7. The maximum absolute atomic E-state index is 12.4. The van der Waals surface area contributed by atoms with Crippen molar-refractivity contribution in [1.82, 2.24) is 0 Å². The van der Waals surface area contributed by atoms with E-state index >= 15 is 0 Å². The van der Waals surface area contributed by atoms with E-state index in [4.69, 9.17) is 56.8 Å². The predicted molar refractivity (Wildman–Crippen MR) is 512 cm³/mol. The Balaban J connectivity index is 0.000000268. The highest BCUT2D eigenvalue weighted by Crippen LogP contribution is 2.61. The number of aliphatic hydroxyl groups is 2. The van der Waals surface area contributed by atoms with Gasteiger partial charge in [0.2, 0.25) is 18.5 Å². The fourth-order valence-corrected chi connectivity index (χ4v) is 19.9. The van der Waals surface area contributed by atoms with Crippen molar-refractivity contribution < 1.29 is 115 Å². The van der Waals surface area contributed by atoms with Gasteiger partial charge in [0.1, 0.15) is 34.1 Å². The van der Waals surface area contributed by atoms with E-state index in [0.29, 0.717) is 88.6 Å². The predicted octanol–water partition coefficient (Wildman–Crippen LogP) is 23.2. The molecule has 14 rings (SSSR count). The first kappa shape index (κ1) is 117. The Kier molecular flexibility index (Phi) is 39.3. The quantitative estimate of drug-likeness (QED) is 0.0670. The number of hydrogen-bond acceptors (Lipinski definition) is 24. The normalized spacial score (nSPS) is 29.0. The van der Waals surface area contributed by atoms with Gasteiger partial charge in [0.15, 0.2) is 0 Å². The first-order valence-electron chi connectivity index (χ1n) is 50.9. The Morgan fingerprint density at radius 2 is 0.614 bits per heavy atom. The van der Waals surface area contributed by atoms with Gasteiger partial charge in [-0.25, -0.2) is 9.59 Å². The second-order valence-corrected chi connectivity index (χ2v) is 51.0. The molecule has 0 aromatic rings. The number of carbonyl (C=O) groups excluding carboxylic acids is 10. The van der Waals surface area contributed by atoms with Crippen LogP contribution in [0, 0.1) is 88.7 Å². The molecule has 0 radical (unpaired) electrons. The summed E-state index contributed by atoms with van der Waals surface area (Å²) in [5.41, 5.74) is -6.06. The zero-order valence-corrected chi connectivity index (χ0v) is 89.7. The summed E-state index contributed by atoms with van der Waals surface area (Å²) in [7, 11) is 0. The first-order valence-corrected chi connectivity index (χ1v) is 50.9. The molecular weight excluding hydrogens is 1680 g/mol. The smallest absolute Gasteiger partial charge is 0.347 e. The van der Waals surface area contributed by atoms with Crippen LogP contribution in [0.25, 0.3) is 0 Å². The van der Waals surface area contributed by atoms with Crippen molar-refractivity contribution in [3.63, 3.8) is 0 Å². The maximum atomic E-state index is 12.4. The minimum absolute atomic E-state index is 0.0307. The van der Waals surface area contributed by atoms with E-state index in [-0.39, 0.29) is 115 Å². The Bertz CT molecular complexity index is 3610. The van der Waals surface area contributed by atoms with Crippen LogP contribution in [0.15, 0.2) is 0 Å². The summed E-state index contributed by atoms with van der Waals surface area (Å²) in [6, 6.07) is 0. The van der Waals surface area contributed by atoms with Crippen molar-refractivity contribution in [3.05, 3.63) is 0 Å². The molecule has 8 bridgehead atoms. The fourth-order valence-electron chi connectivity index (χ4n) is 19.9. The van der Waals surface area contributed by atoms with Gasteiger partial charge in [-0.2, -0.15) is 0 Å². The van der Waals surface area contributed by atoms with E-state index in [2.05, 4.69) is 69.2 Å². The largest absolute Gasteiger partial charge is 0.463 e. The molecule has 24 heteroatoms. The molecule has 0 amide bonds. The molecule has 0 spiro atoms. The van der Waals surface area contributed by atoms with Crippen molar-refractivity contribution >= 4 is 59.7 Å². The van der Waals surface area contributed by atoms with Gasteiger partial charge in [-0.3, -0.25) is 38.4 Å². The third-order valence-corrected chi connectivity index (χ3v) is 32.5. The van der Waals surface area contributed by atoms with Crippen LogP contribution in [0.4, 0.5) is 0 Å². The van der Waals surface area contributed by atoms with Gasteiger partial charge in [0.25, 0.3) is 0 Å². The van der Waals surface area contributed by atoms with Crippen LogP contribution in [-0.4, -0.2) is 160 Å². The molecule has 4 saturated heterocycles. The number of hydrogen-bond donors (Lipinski definition) is 2. The molecule has 0 aromatic carbocycles. The summed E-state index contributed by atoms with van der Waals surface area (Å²) < 4.78 is 65.7. The van der Waals surface area contributed by atoms with Crippen molar-refractivity contribution in [1.29, 1.82) is 0 Å². The summed E-state index contributed by atoms with van der Waals surface area (Å²) in [6.07, 6.45) is 26.1. The molecule has 4 heterocycles. The molecule has 764 valence electrons. The average molecular weight is 1870 g/mol. The third-order valence-electron chi connectivity index (χ3n) is 32.5. The SMILES string of the molecule is CCC(C)(C)C(=O)OC1(C(C)(C)C)CCCC1.CCC(C)(C)C(=O)OC1(C(C)(C)C)CCCC1.CCC(C)(C)C(=O)OC12CC3CC(CC(O)(C3)C1)C2.CCC(C)(C)C(=O)OC12CC3CC(CC(O)(C3)C1)C2.CCC(C)(C)C(=O)OC1C(C)(C)COC1(C)C.CCC(C)(C)C(=O)OC1CC(C)(C)CO1.CCC(C)(C)C(=O)OC1CCOC1=O.CCC(C)(C)C(=O)OC1CCOC1=O. The Hall–Kier alpha value is -5.46. The molecule has 10 aliphatic carbocycles.